The number of hydrogen-bond donors (Lipinski definition) is 1. The van der Waals surface area contributed by atoms with E-state index in [2.05, 4.69) is 18.3 Å². The van der Waals surface area contributed by atoms with Crippen molar-refractivity contribution >= 4 is 0 Å². The molecular formula is C10H13NO. The van der Waals surface area contributed by atoms with E-state index in [0.717, 1.165) is 12.3 Å². The molecule has 64 valence electrons. The molecule has 1 aliphatic heterocycles. The molecule has 0 fully saturated rings. The lowest BCUT2D eigenvalue weighted by Crippen LogP contribution is -2.06. The molecule has 0 amide bonds. The van der Waals surface area contributed by atoms with Gasteiger partial charge in [-0.2, -0.15) is 0 Å². The molecule has 0 saturated heterocycles. The molecule has 1 aromatic rings. The van der Waals surface area contributed by atoms with Gasteiger partial charge in [0.2, 0.25) is 0 Å². The highest BCUT2D eigenvalue weighted by Crippen LogP contribution is 2.31. The maximum absolute atomic E-state index is 5.27. The van der Waals surface area contributed by atoms with Gasteiger partial charge in [0.15, 0.2) is 0 Å². The highest BCUT2D eigenvalue weighted by molar-refractivity contribution is 5.44. The van der Waals surface area contributed by atoms with Crippen LogP contribution in [0.15, 0.2) is 18.2 Å². The Bertz CT molecular complexity index is 296. The highest BCUT2D eigenvalue weighted by atomic mass is 16.5. The molecule has 2 nitrogen and oxygen atoms in total. The van der Waals surface area contributed by atoms with E-state index in [4.69, 9.17) is 4.74 Å². The summed E-state index contributed by atoms with van der Waals surface area (Å²) in [6.45, 7) is 3.10. The number of rotatable bonds is 1. The second-order valence-corrected chi connectivity index (χ2v) is 3.13. The van der Waals surface area contributed by atoms with Crippen LogP contribution in [0, 0.1) is 0 Å². The molecule has 0 saturated carbocycles. The molecular weight excluding hydrogens is 150 g/mol. The zero-order valence-electron chi connectivity index (χ0n) is 7.42. The van der Waals surface area contributed by atoms with Crippen LogP contribution in [0.25, 0.3) is 0 Å². The Balaban J connectivity index is 2.50. The van der Waals surface area contributed by atoms with E-state index in [1.165, 1.54) is 11.1 Å². The van der Waals surface area contributed by atoms with E-state index in [1.54, 1.807) is 7.11 Å². The molecule has 12 heavy (non-hydrogen) atoms. The Morgan fingerprint density at radius 1 is 1.50 bits per heavy atom. The van der Waals surface area contributed by atoms with Crippen LogP contribution in [-0.4, -0.2) is 7.11 Å². The highest BCUT2D eigenvalue weighted by Gasteiger charge is 2.20. The topological polar surface area (TPSA) is 21.3 Å². The molecule has 1 aromatic carbocycles. The molecule has 0 spiro atoms. The number of fused-ring (bicyclic) bond motifs is 1. The van der Waals surface area contributed by atoms with Gasteiger partial charge in [-0.3, -0.25) is 0 Å². The first-order valence-corrected chi connectivity index (χ1v) is 4.22. The minimum atomic E-state index is 0.468. The summed E-state index contributed by atoms with van der Waals surface area (Å²) in [7, 11) is 1.72. The van der Waals surface area contributed by atoms with Crippen molar-refractivity contribution in [2.75, 3.05) is 7.11 Å². The summed E-state index contributed by atoms with van der Waals surface area (Å²) in [6.07, 6.45) is 0. The van der Waals surface area contributed by atoms with Crippen LogP contribution in [0.5, 0.6) is 5.75 Å². The smallest absolute Gasteiger partial charge is 0.123 e. The molecule has 0 bridgehead atoms. The number of ether oxygens (including phenoxy) is 1. The summed E-state index contributed by atoms with van der Waals surface area (Å²) in [6, 6.07) is 6.68. The van der Waals surface area contributed by atoms with E-state index >= 15 is 0 Å². The molecule has 1 atom stereocenters. The van der Waals surface area contributed by atoms with Gasteiger partial charge < -0.3 is 10.1 Å². The molecule has 1 unspecified atom stereocenters. The monoisotopic (exact) mass is 163 g/mol. The van der Waals surface area contributed by atoms with Gasteiger partial charge in [-0.25, -0.2) is 0 Å². The summed E-state index contributed by atoms with van der Waals surface area (Å²) < 4.78 is 5.27. The van der Waals surface area contributed by atoms with Gasteiger partial charge in [-0.1, -0.05) is 12.1 Å². The molecule has 1 N–H and O–H groups in total. The van der Waals surface area contributed by atoms with Crippen molar-refractivity contribution < 1.29 is 4.74 Å². The summed E-state index contributed by atoms with van der Waals surface area (Å²) in [5.74, 6) is 1.00. The third-order valence-corrected chi connectivity index (χ3v) is 2.44. The summed E-state index contributed by atoms with van der Waals surface area (Å²) >= 11 is 0. The molecule has 2 rings (SSSR count). The van der Waals surface area contributed by atoms with E-state index in [1.807, 2.05) is 12.1 Å². The fraction of sp³-hybridized carbons (Fsp3) is 0.400. The third-order valence-electron chi connectivity index (χ3n) is 2.44. The van der Waals surface area contributed by atoms with Gasteiger partial charge in [0.25, 0.3) is 0 Å². The first kappa shape index (κ1) is 7.62. The molecule has 2 heteroatoms. The van der Waals surface area contributed by atoms with Crippen molar-refractivity contribution in [2.45, 2.75) is 19.5 Å². The standard InChI is InChI=1S/C10H13NO/c1-7-8-4-3-5-10(12-2)9(8)6-11-7/h3-5,7,11H,6H2,1-2H3. The van der Waals surface area contributed by atoms with E-state index < -0.39 is 0 Å². The SMILES string of the molecule is COc1cccc2c1CNC2C. The maximum Gasteiger partial charge on any atom is 0.123 e. The van der Waals surface area contributed by atoms with Gasteiger partial charge in [-0.05, 0) is 18.6 Å². The molecule has 0 aromatic heterocycles. The Kier molecular flexibility index (Phi) is 1.77. The lowest BCUT2D eigenvalue weighted by molar-refractivity contribution is 0.410. The largest absolute Gasteiger partial charge is 0.496 e. The summed E-state index contributed by atoms with van der Waals surface area (Å²) in [5.41, 5.74) is 2.68. The van der Waals surface area contributed by atoms with Crippen LogP contribution in [0.3, 0.4) is 0 Å². The zero-order chi connectivity index (χ0) is 8.55. The van der Waals surface area contributed by atoms with Crippen molar-refractivity contribution in [2.24, 2.45) is 0 Å². The van der Waals surface area contributed by atoms with Gasteiger partial charge in [0, 0.05) is 18.2 Å². The average Bonchev–Trinajstić information content (AvgIpc) is 2.48. The second-order valence-electron chi connectivity index (χ2n) is 3.13. The fourth-order valence-electron chi connectivity index (χ4n) is 1.73. The van der Waals surface area contributed by atoms with Crippen molar-refractivity contribution in [3.63, 3.8) is 0 Å². The normalized spacial score (nSPS) is 20.7. The van der Waals surface area contributed by atoms with Crippen molar-refractivity contribution in [3.05, 3.63) is 29.3 Å². The lowest BCUT2D eigenvalue weighted by atomic mass is 10.1. The van der Waals surface area contributed by atoms with Crippen LogP contribution in [0.2, 0.25) is 0 Å². The van der Waals surface area contributed by atoms with Crippen molar-refractivity contribution in [3.8, 4) is 5.75 Å². The maximum atomic E-state index is 5.27. The number of benzene rings is 1. The van der Waals surface area contributed by atoms with Gasteiger partial charge in [0.05, 0.1) is 7.11 Å². The second kappa shape index (κ2) is 2.79. The Labute approximate surface area is 72.5 Å². The van der Waals surface area contributed by atoms with Crippen LogP contribution >= 0.6 is 0 Å². The zero-order valence-corrected chi connectivity index (χ0v) is 7.42. The predicted octanol–water partition coefficient (Wildman–Crippen LogP) is 1.86. The van der Waals surface area contributed by atoms with Crippen LogP contribution < -0.4 is 10.1 Å². The first-order chi connectivity index (χ1) is 5.83. The van der Waals surface area contributed by atoms with Crippen LogP contribution in [-0.2, 0) is 6.54 Å². The van der Waals surface area contributed by atoms with Gasteiger partial charge in [-0.15, -0.1) is 0 Å². The quantitative estimate of drug-likeness (QED) is 0.682. The lowest BCUT2D eigenvalue weighted by Gasteiger charge is -2.06. The minimum Gasteiger partial charge on any atom is -0.496 e. The van der Waals surface area contributed by atoms with Gasteiger partial charge in [0.1, 0.15) is 5.75 Å². The Morgan fingerprint density at radius 2 is 2.33 bits per heavy atom. The summed E-state index contributed by atoms with van der Waals surface area (Å²) in [5, 5.41) is 3.38. The Hall–Kier alpha value is -1.02. The van der Waals surface area contributed by atoms with E-state index in [0.29, 0.717) is 6.04 Å². The number of hydrogen-bond acceptors (Lipinski definition) is 2. The molecule has 1 aliphatic rings. The van der Waals surface area contributed by atoms with Gasteiger partial charge >= 0.3 is 0 Å². The van der Waals surface area contributed by atoms with E-state index in [-0.39, 0.29) is 0 Å². The summed E-state index contributed by atoms with van der Waals surface area (Å²) in [4.78, 5) is 0. The minimum absolute atomic E-state index is 0.468. The van der Waals surface area contributed by atoms with Crippen LogP contribution in [0.1, 0.15) is 24.1 Å². The molecule has 0 radical (unpaired) electrons. The predicted molar refractivity (Wildman–Crippen MR) is 48.2 cm³/mol. The first-order valence-electron chi connectivity index (χ1n) is 4.22. The average molecular weight is 163 g/mol. The number of methoxy groups -OCH3 is 1. The number of nitrogens with one attached hydrogen (secondary N) is 1. The molecule has 1 heterocycles. The Morgan fingerprint density at radius 3 is 3.08 bits per heavy atom. The van der Waals surface area contributed by atoms with Crippen molar-refractivity contribution in [1.29, 1.82) is 0 Å². The van der Waals surface area contributed by atoms with Crippen LogP contribution in [0.4, 0.5) is 0 Å². The molecule has 0 aliphatic carbocycles. The van der Waals surface area contributed by atoms with Crippen molar-refractivity contribution in [1.82, 2.24) is 5.32 Å². The van der Waals surface area contributed by atoms with E-state index in [9.17, 15) is 0 Å². The third kappa shape index (κ3) is 0.994. The fourth-order valence-corrected chi connectivity index (χ4v) is 1.73.